The van der Waals surface area contributed by atoms with E-state index in [0.717, 1.165) is 5.52 Å². The molecule has 2 unspecified atom stereocenters. The summed E-state index contributed by atoms with van der Waals surface area (Å²) in [6.45, 7) is 11.1. The number of para-hydroxylation sites is 1. The maximum Gasteiger partial charge on any atom is 0.312 e. The molecule has 208 valence electrons. The first-order valence-corrected chi connectivity index (χ1v) is 13.3. The number of aliphatic hydroxyl groups is 1. The predicted molar refractivity (Wildman–Crippen MR) is 141 cm³/mol. The second-order valence-corrected chi connectivity index (χ2v) is 10.8. The van der Waals surface area contributed by atoms with E-state index in [-0.39, 0.29) is 44.2 Å². The number of hydrogen-bond donors (Lipinski definition) is 1. The van der Waals surface area contributed by atoms with Gasteiger partial charge in [0.1, 0.15) is 30.4 Å². The lowest BCUT2D eigenvalue weighted by Gasteiger charge is -2.40. The van der Waals surface area contributed by atoms with E-state index in [1.165, 1.54) is 11.0 Å². The minimum atomic E-state index is -1.21. The molecule has 2 amide bonds. The minimum Gasteiger partial charge on any atom is -0.461 e. The summed E-state index contributed by atoms with van der Waals surface area (Å²) in [4.78, 5) is 44.8. The topological polar surface area (TPSA) is 127 Å². The Hall–Kier alpha value is -3.57. The number of benzene rings is 1. The van der Waals surface area contributed by atoms with Gasteiger partial charge in [-0.25, -0.2) is 4.68 Å². The van der Waals surface area contributed by atoms with Crippen molar-refractivity contribution in [3.05, 3.63) is 49.6 Å². The van der Waals surface area contributed by atoms with Crippen LogP contribution in [0.25, 0.3) is 11.0 Å². The van der Waals surface area contributed by atoms with Crippen molar-refractivity contribution in [2.45, 2.75) is 57.1 Å². The third-order valence-electron chi connectivity index (χ3n) is 8.29. The van der Waals surface area contributed by atoms with Crippen molar-refractivity contribution in [3.63, 3.8) is 0 Å². The van der Waals surface area contributed by atoms with Crippen molar-refractivity contribution < 1.29 is 29.0 Å². The number of hydrogen-bond acceptors (Lipinski definition) is 8. The molecule has 4 heterocycles. The number of amides is 2. The van der Waals surface area contributed by atoms with Crippen molar-refractivity contribution >= 4 is 28.8 Å². The van der Waals surface area contributed by atoms with E-state index in [9.17, 15) is 19.5 Å². The Morgan fingerprint density at radius 1 is 1.31 bits per heavy atom. The third kappa shape index (κ3) is 4.24. The highest BCUT2D eigenvalue weighted by atomic mass is 16.6. The highest BCUT2D eigenvalue weighted by molar-refractivity contribution is 5.98. The van der Waals surface area contributed by atoms with Gasteiger partial charge in [0.15, 0.2) is 0 Å². The number of rotatable bonds is 11. The lowest BCUT2D eigenvalue weighted by molar-refractivity contribution is -0.156. The van der Waals surface area contributed by atoms with Gasteiger partial charge in [-0.1, -0.05) is 49.9 Å². The molecule has 3 aliphatic rings. The number of esters is 1. The Kier molecular flexibility index (Phi) is 7.30. The minimum absolute atomic E-state index is 0.0201. The summed E-state index contributed by atoms with van der Waals surface area (Å²) >= 11 is 0. The molecule has 39 heavy (non-hydrogen) atoms. The molecule has 1 aromatic carbocycles. The van der Waals surface area contributed by atoms with Gasteiger partial charge >= 0.3 is 5.97 Å². The third-order valence-corrected chi connectivity index (χ3v) is 8.29. The molecule has 11 heteroatoms. The number of carbonyl (C=O) groups is 3. The summed E-state index contributed by atoms with van der Waals surface area (Å²) in [5.41, 5.74) is 0.245. The van der Waals surface area contributed by atoms with Crippen LogP contribution in [-0.4, -0.2) is 91.2 Å². The van der Waals surface area contributed by atoms with Gasteiger partial charge in [0.2, 0.25) is 11.8 Å². The molecular formula is C28H35N5O6. The summed E-state index contributed by atoms with van der Waals surface area (Å²) < 4.78 is 13.4. The zero-order valence-electron chi connectivity index (χ0n) is 22.3. The van der Waals surface area contributed by atoms with Gasteiger partial charge in [0.05, 0.1) is 36.1 Å². The van der Waals surface area contributed by atoms with Gasteiger partial charge in [0.25, 0.3) is 0 Å². The standard InChI is InChI=1S/C28H35N5O6/c1-5-13-31(16-32-19-10-8-7-9-18(19)29-30-32)26(36)24-28-12-11-21(39-28)22(27(37)38-14-6-2)23(28)25(35)33(24)20(15-34)17(3)4/h5-10,17,20-24,34H,1-2,11-16H2,3-4H3/t20-,21+,22-,23-,24?,28?/m0/s1. The Labute approximate surface area is 227 Å². The molecule has 0 aliphatic carbocycles. The van der Waals surface area contributed by atoms with Crippen LogP contribution in [0.1, 0.15) is 26.7 Å². The van der Waals surface area contributed by atoms with Gasteiger partial charge in [-0.3, -0.25) is 14.4 Å². The highest BCUT2D eigenvalue weighted by Crippen LogP contribution is 2.59. The van der Waals surface area contributed by atoms with Crippen LogP contribution in [0.4, 0.5) is 0 Å². The second kappa shape index (κ2) is 10.5. The molecule has 5 rings (SSSR count). The van der Waals surface area contributed by atoms with Gasteiger partial charge in [0, 0.05) is 6.54 Å². The maximum absolute atomic E-state index is 14.5. The van der Waals surface area contributed by atoms with Crippen molar-refractivity contribution in [3.8, 4) is 0 Å². The summed E-state index contributed by atoms with van der Waals surface area (Å²) in [6.07, 6.45) is 3.53. The van der Waals surface area contributed by atoms with Crippen LogP contribution in [0.2, 0.25) is 0 Å². The molecule has 1 N–H and O–H groups in total. The van der Waals surface area contributed by atoms with E-state index in [2.05, 4.69) is 23.5 Å². The summed E-state index contributed by atoms with van der Waals surface area (Å²) in [6, 6.07) is 5.76. The summed E-state index contributed by atoms with van der Waals surface area (Å²) in [5, 5.41) is 18.8. The van der Waals surface area contributed by atoms with Crippen molar-refractivity contribution in [2.75, 3.05) is 19.8 Å². The van der Waals surface area contributed by atoms with Crippen LogP contribution in [0.15, 0.2) is 49.6 Å². The number of fused-ring (bicyclic) bond motifs is 2. The van der Waals surface area contributed by atoms with E-state index in [1.54, 1.807) is 15.7 Å². The first kappa shape index (κ1) is 27.0. The number of aromatic nitrogens is 3. The number of likely N-dealkylation sites (tertiary alicyclic amines) is 1. The lowest BCUT2D eigenvalue weighted by Crippen LogP contribution is -2.59. The van der Waals surface area contributed by atoms with Crippen LogP contribution >= 0.6 is 0 Å². The fourth-order valence-electron chi connectivity index (χ4n) is 6.58. The van der Waals surface area contributed by atoms with Crippen LogP contribution in [-0.2, 0) is 30.5 Å². The van der Waals surface area contributed by atoms with Gasteiger partial charge in [-0.15, -0.1) is 11.7 Å². The molecule has 2 aromatic rings. The first-order chi connectivity index (χ1) is 18.8. The van der Waals surface area contributed by atoms with Crippen molar-refractivity contribution in [1.29, 1.82) is 0 Å². The van der Waals surface area contributed by atoms with Gasteiger partial charge in [-0.05, 0) is 30.9 Å². The largest absolute Gasteiger partial charge is 0.461 e. The molecule has 1 aromatic heterocycles. The molecule has 6 atom stereocenters. The first-order valence-electron chi connectivity index (χ1n) is 13.3. The van der Waals surface area contributed by atoms with Crippen LogP contribution in [0.5, 0.6) is 0 Å². The molecule has 0 radical (unpaired) electrons. The van der Waals surface area contributed by atoms with E-state index in [1.807, 2.05) is 38.1 Å². The average Bonchev–Trinajstić information content (AvgIpc) is 3.67. The Morgan fingerprint density at radius 2 is 2.08 bits per heavy atom. The monoisotopic (exact) mass is 537 g/mol. The average molecular weight is 538 g/mol. The Morgan fingerprint density at radius 3 is 2.77 bits per heavy atom. The number of aliphatic hydroxyl groups excluding tert-OH is 1. The van der Waals surface area contributed by atoms with E-state index in [0.29, 0.717) is 18.4 Å². The molecule has 3 saturated heterocycles. The number of nitrogens with zero attached hydrogens (tertiary/aromatic N) is 5. The predicted octanol–water partition coefficient (Wildman–Crippen LogP) is 1.52. The Balaban J connectivity index is 1.55. The van der Waals surface area contributed by atoms with E-state index >= 15 is 0 Å². The quantitative estimate of drug-likeness (QED) is 0.338. The molecular weight excluding hydrogens is 502 g/mol. The molecule has 0 saturated carbocycles. The fraction of sp³-hybridized carbons (Fsp3) is 0.536. The SMILES string of the molecule is C=CCOC(=O)[C@@H]1[C@H]2C(=O)N([C@@H](CO)C(C)C)C(C(=O)N(CC=C)Cn3nnc4ccccc43)C23CC[C@H]1O3. The van der Waals surface area contributed by atoms with Crippen molar-refractivity contribution in [2.24, 2.45) is 17.8 Å². The lowest BCUT2D eigenvalue weighted by atomic mass is 9.70. The summed E-state index contributed by atoms with van der Waals surface area (Å²) in [7, 11) is 0. The number of carbonyl (C=O) groups excluding carboxylic acids is 3. The van der Waals surface area contributed by atoms with E-state index in [4.69, 9.17) is 9.47 Å². The molecule has 11 nitrogen and oxygen atoms in total. The zero-order valence-corrected chi connectivity index (χ0v) is 22.3. The molecule has 1 spiro atoms. The normalized spacial score (nSPS) is 28.1. The molecule has 3 fully saturated rings. The molecule has 2 bridgehead atoms. The fourth-order valence-corrected chi connectivity index (χ4v) is 6.58. The highest BCUT2D eigenvalue weighted by Gasteiger charge is 2.75. The van der Waals surface area contributed by atoms with Crippen LogP contribution in [0.3, 0.4) is 0 Å². The summed E-state index contributed by atoms with van der Waals surface area (Å²) in [5.74, 6) is -3.12. The van der Waals surface area contributed by atoms with Crippen LogP contribution in [0, 0.1) is 17.8 Å². The molecule has 3 aliphatic heterocycles. The van der Waals surface area contributed by atoms with Crippen molar-refractivity contribution in [1.82, 2.24) is 24.8 Å². The second-order valence-electron chi connectivity index (χ2n) is 10.8. The smallest absolute Gasteiger partial charge is 0.312 e. The maximum atomic E-state index is 14.5. The Bertz CT molecular complexity index is 1290. The van der Waals surface area contributed by atoms with Gasteiger partial charge in [-0.2, -0.15) is 0 Å². The van der Waals surface area contributed by atoms with Crippen LogP contribution < -0.4 is 0 Å². The zero-order chi connectivity index (χ0) is 27.9. The number of ether oxygens (including phenoxy) is 2. The van der Waals surface area contributed by atoms with Gasteiger partial charge < -0.3 is 24.4 Å². The van der Waals surface area contributed by atoms with E-state index < -0.39 is 41.6 Å².